The van der Waals surface area contributed by atoms with Gasteiger partial charge in [0, 0.05) is 0 Å². The molecule has 0 fully saturated rings. The van der Waals surface area contributed by atoms with Crippen molar-refractivity contribution in [3.05, 3.63) is 36.6 Å². The molecule has 0 unspecified atom stereocenters. The molecule has 0 aromatic carbocycles. The first kappa shape index (κ1) is 8.02. The van der Waals surface area contributed by atoms with Gasteiger partial charge in [-0.3, -0.25) is 0 Å². The van der Waals surface area contributed by atoms with E-state index in [4.69, 9.17) is 5.73 Å². The van der Waals surface area contributed by atoms with E-state index in [0.29, 0.717) is 0 Å². The molecule has 0 saturated heterocycles. The van der Waals surface area contributed by atoms with Gasteiger partial charge < -0.3 is 5.73 Å². The van der Waals surface area contributed by atoms with Gasteiger partial charge in [-0.15, -0.1) is 0 Å². The fourth-order valence-electron chi connectivity index (χ4n) is 0.374. The molecule has 0 aromatic rings. The Labute approximate surface area is 56.6 Å². The lowest BCUT2D eigenvalue weighted by Gasteiger charge is -1.86. The topological polar surface area (TPSA) is 26.0 Å². The first-order valence-corrected chi connectivity index (χ1v) is 3.04. The van der Waals surface area contributed by atoms with Crippen LogP contribution in [0.5, 0.6) is 0 Å². The summed E-state index contributed by atoms with van der Waals surface area (Å²) in [6.45, 7) is 5.85. The molecule has 0 spiro atoms. The first-order chi connectivity index (χ1) is 4.31. The maximum Gasteiger partial charge on any atom is -0.00624 e. The zero-order valence-corrected chi connectivity index (χ0v) is 5.80. The number of hydrogen-bond donors (Lipinski definition) is 1. The Hall–Kier alpha value is -0.980. The molecular formula is C8H13N. The predicted octanol–water partition coefficient (Wildman–Crippen LogP) is 1.98. The quantitative estimate of drug-likeness (QED) is 0.570. The molecule has 0 heterocycles. The molecule has 0 aliphatic carbocycles. The lowest BCUT2D eigenvalue weighted by atomic mass is 10.2. The summed E-state index contributed by atoms with van der Waals surface area (Å²) < 4.78 is 0. The highest BCUT2D eigenvalue weighted by atomic mass is 14.5. The van der Waals surface area contributed by atoms with Crippen LogP contribution in [0.3, 0.4) is 0 Å². The molecule has 0 radical (unpaired) electrons. The first-order valence-electron chi connectivity index (χ1n) is 3.04. The minimum Gasteiger partial charge on any atom is -0.405 e. The second-order valence-corrected chi connectivity index (χ2v) is 1.76. The van der Waals surface area contributed by atoms with E-state index in [2.05, 4.69) is 13.5 Å². The van der Waals surface area contributed by atoms with Crippen molar-refractivity contribution in [3.8, 4) is 0 Å². The van der Waals surface area contributed by atoms with E-state index in [9.17, 15) is 0 Å². The number of hydrogen-bond acceptors (Lipinski definition) is 1. The van der Waals surface area contributed by atoms with Crippen molar-refractivity contribution in [2.75, 3.05) is 0 Å². The Morgan fingerprint density at radius 3 is 2.67 bits per heavy atom. The Kier molecular flexibility index (Phi) is 4.60. The Morgan fingerprint density at radius 2 is 2.22 bits per heavy atom. The molecule has 9 heavy (non-hydrogen) atoms. The molecular weight excluding hydrogens is 110 g/mol. The van der Waals surface area contributed by atoms with Gasteiger partial charge in [0.1, 0.15) is 0 Å². The highest BCUT2D eigenvalue weighted by Crippen LogP contribution is 1.96. The normalized spacial score (nSPS) is 11.2. The lowest BCUT2D eigenvalue weighted by molar-refractivity contribution is 1.16. The van der Waals surface area contributed by atoms with Gasteiger partial charge in [0.25, 0.3) is 0 Å². The molecule has 1 nitrogen and oxygen atoms in total. The maximum absolute atomic E-state index is 5.09. The Morgan fingerprint density at radius 1 is 1.56 bits per heavy atom. The molecule has 2 N–H and O–H groups in total. The third kappa shape index (κ3) is 4.88. The van der Waals surface area contributed by atoms with Crippen LogP contribution in [0.1, 0.15) is 13.3 Å². The number of allylic oxidation sites excluding steroid dienone is 4. The van der Waals surface area contributed by atoms with Gasteiger partial charge >= 0.3 is 0 Å². The molecule has 0 amide bonds. The van der Waals surface area contributed by atoms with Crippen molar-refractivity contribution in [1.82, 2.24) is 0 Å². The van der Waals surface area contributed by atoms with Crippen LogP contribution in [0.2, 0.25) is 0 Å². The summed E-state index contributed by atoms with van der Waals surface area (Å²) in [5.41, 5.74) is 6.21. The highest BCUT2D eigenvalue weighted by Gasteiger charge is 1.76. The van der Waals surface area contributed by atoms with Gasteiger partial charge in [-0.25, -0.2) is 0 Å². The smallest absolute Gasteiger partial charge is 0.00624 e. The Balaban J connectivity index is 3.57. The average Bonchev–Trinajstić information content (AvgIpc) is 1.89. The van der Waals surface area contributed by atoms with Crippen LogP contribution < -0.4 is 5.73 Å². The summed E-state index contributed by atoms with van der Waals surface area (Å²) in [7, 11) is 0. The van der Waals surface area contributed by atoms with Gasteiger partial charge in [-0.1, -0.05) is 31.2 Å². The molecule has 0 aliphatic heterocycles. The van der Waals surface area contributed by atoms with Crippen molar-refractivity contribution < 1.29 is 0 Å². The third-order valence-corrected chi connectivity index (χ3v) is 1.01. The van der Waals surface area contributed by atoms with Crippen molar-refractivity contribution >= 4 is 0 Å². The monoisotopic (exact) mass is 123 g/mol. The van der Waals surface area contributed by atoms with Crippen LogP contribution in [-0.4, -0.2) is 0 Å². The largest absolute Gasteiger partial charge is 0.405 e. The summed E-state index contributed by atoms with van der Waals surface area (Å²) in [4.78, 5) is 0. The van der Waals surface area contributed by atoms with Gasteiger partial charge in [0.2, 0.25) is 0 Å². The van der Waals surface area contributed by atoms with Gasteiger partial charge in [-0.05, 0) is 18.7 Å². The van der Waals surface area contributed by atoms with E-state index in [0.717, 1.165) is 12.0 Å². The molecule has 0 aliphatic rings. The lowest BCUT2D eigenvalue weighted by Crippen LogP contribution is -1.73. The standard InChI is InChI=1S/C8H13N/c1-3-8(2)6-4-5-7-9/h4-7H,2-3,9H2,1H3/b6-4-,7-5-. The summed E-state index contributed by atoms with van der Waals surface area (Å²) in [5.74, 6) is 0. The van der Waals surface area contributed by atoms with Crippen molar-refractivity contribution in [2.45, 2.75) is 13.3 Å². The van der Waals surface area contributed by atoms with Crippen molar-refractivity contribution in [2.24, 2.45) is 5.73 Å². The van der Waals surface area contributed by atoms with Crippen LogP contribution in [0.15, 0.2) is 36.6 Å². The molecule has 0 atom stereocenters. The van der Waals surface area contributed by atoms with Crippen LogP contribution in [0.25, 0.3) is 0 Å². The maximum atomic E-state index is 5.09. The van der Waals surface area contributed by atoms with E-state index in [1.54, 1.807) is 6.08 Å². The SMILES string of the molecule is C=C(/C=C\C=C/N)CC. The van der Waals surface area contributed by atoms with Crippen molar-refractivity contribution in [1.29, 1.82) is 0 Å². The van der Waals surface area contributed by atoms with E-state index < -0.39 is 0 Å². The van der Waals surface area contributed by atoms with Gasteiger partial charge in [0.15, 0.2) is 0 Å². The van der Waals surface area contributed by atoms with Crippen LogP contribution in [0.4, 0.5) is 0 Å². The third-order valence-electron chi connectivity index (χ3n) is 1.01. The van der Waals surface area contributed by atoms with E-state index in [1.807, 2.05) is 12.2 Å². The zero-order valence-electron chi connectivity index (χ0n) is 5.80. The van der Waals surface area contributed by atoms with E-state index >= 15 is 0 Å². The minimum atomic E-state index is 0.995. The fraction of sp³-hybridized carbons (Fsp3) is 0.250. The van der Waals surface area contributed by atoms with Crippen LogP contribution in [0, 0.1) is 0 Å². The predicted molar refractivity (Wildman–Crippen MR) is 41.9 cm³/mol. The summed E-state index contributed by atoms with van der Waals surface area (Å²) >= 11 is 0. The zero-order chi connectivity index (χ0) is 7.11. The van der Waals surface area contributed by atoms with Crippen LogP contribution in [-0.2, 0) is 0 Å². The highest BCUT2D eigenvalue weighted by molar-refractivity contribution is 5.17. The molecule has 0 rings (SSSR count). The average molecular weight is 123 g/mol. The Bertz CT molecular complexity index is 132. The second kappa shape index (κ2) is 5.16. The molecule has 0 saturated carbocycles. The fourth-order valence-corrected chi connectivity index (χ4v) is 0.374. The molecule has 1 heteroatoms. The minimum absolute atomic E-state index is 0.995. The molecule has 0 bridgehead atoms. The second-order valence-electron chi connectivity index (χ2n) is 1.76. The van der Waals surface area contributed by atoms with E-state index in [-0.39, 0.29) is 0 Å². The number of rotatable bonds is 3. The van der Waals surface area contributed by atoms with Gasteiger partial charge in [0.05, 0.1) is 0 Å². The molecule has 50 valence electrons. The summed E-state index contributed by atoms with van der Waals surface area (Å²) in [6.07, 6.45) is 8.10. The molecule has 0 aromatic heterocycles. The van der Waals surface area contributed by atoms with Gasteiger partial charge in [-0.2, -0.15) is 0 Å². The number of nitrogens with two attached hydrogens (primary N) is 1. The summed E-state index contributed by atoms with van der Waals surface area (Å²) in [6, 6.07) is 0. The summed E-state index contributed by atoms with van der Waals surface area (Å²) in [5, 5.41) is 0. The van der Waals surface area contributed by atoms with E-state index in [1.165, 1.54) is 6.20 Å². The van der Waals surface area contributed by atoms with Crippen LogP contribution >= 0.6 is 0 Å². The van der Waals surface area contributed by atoms with Crippen molar-refractivity contribution in [3.63, 3.8) is 0 Å².